The Labute approximate surface area is 111 Å². The van der Waals surface area contributed by atoms with E-state index in [1.807, 2.05) is 30.3 Å². The minimum Gasteiger partial charge on any atom is -0.354 e. The second-order valence-electron chi connectivity index (χ2n) is 4.25. The van der Waals surface area contributed by atoms with Gasteiger partial charge < -0.3 is 11.1 Å². The molecule has 0 aliphatic rings. The topological polar surface area (TPSA) is 85.8 Å². The van der Waals surface area contributed by atoms with E-state index in [0.29, 0.717) is 13.0 Å². The average Bonchev–Trinajstić information content (AvgIpc) is 2.92. The molecular formula is C13H17N5O. The van der Waals surface area contributed by atoms with Crippen molar-refractivity contribution in [1.82, 2.24) is 20.1 Å². The van der Waals surface area contributed by atoms with Crippen molar-refractivity contribution in [2.45, 2.75) is 19.0 Å². The summed E-state index contributed by atoms with van der Waals surface area (Å²) in [6.07, 6.45) is 3.61. The maximum absolute atomic E-state index is 11.6. The first-order valence-electron chi connectivity index (χ1n) is 6.15. The first-order valence-corrected chi connectivity index (χ1v) is 6.15. The van der Waals surface area contributed by atoms with Gasteiger partial charge >= 0.3 is 0 Å². The molecule has 0 aliphatic carbocycles. The Balaban J connectivity index is 1.70. The van der Waals surface area contributed by atoms with Crippen LogP contribution in [0.25, 0.3) is 0 Å². The van der Waals surface area contributed by atoms with Crippen LogP contribution in [0.1, 0.15) is 18.0 Å². The summed E-state index contributed by atoms with van der Waals surface area (Å²) in [6, 6.07) is 9.78. The summed E-state index contributed by atoms with van der Waals surface area (Å²) in [4.78, 5) is 15.4. The molecule has 1 atom stereocenters. The van der Waals surface area contributed by atoms with E-state index in [2.05, 4.69) is 15.4 Å². The number of nitrogens with one attached hydrogen (secondary N) is 1. The van der Waals surface area contributed by atoms with Crippen molar-refractivity contribution in [2.75, 3.05) is 6.54 Å². The zero-order valence-corrected chi connectivity index (χ0v) is 10.6. The molecule has 19 heavy (non-hydrogen) atoms. The molecule has 3 N–H and O–H groups in total. The van der Waals surface area contributed by atoms with Crippen LogP contribution in [0.2, 0.25) is 0 Å². The lowest BCUT2D eigenvalue weighted by Crippen LogP contribution is -2.30. The molecule has 1 aromatic heterocycles. The van der Waals surface area contributed by atoms with Crippen molar-refractivity contribution in [3.05, 3.63) is 48.5 Å². The third-order valence-corrected chi connectivity index (χ3v) is 2.78. The van der Waals surface area contributed by atoms with Crippen LogP contribution in [0.5, 0.6) is 0 Å². The van der Waals surface area contributed by atoms with E-state index < -0.39 is 0 Å². The molecule has 0 aliphatic heterocycles. The van der Waals surface area contributed by atoms with Gasteiger partial charge in [-0.3, -0.25) is 4.79 Å². The van der Waals surface area contributed by atoms with Gasteiger partial charge in [-0.2, -0.15) is 5.10 Å². The maximum Gasteiger partial charge on any atom is 0.241 e. The number of hydrogen-bond donors (Lipinski definition) is 2. The highest BCUT2D eigenvalue weighted by atomic mass is 16.2. The van der Waals surface area contributed by atoms with Gasteiger partial charge in [-0.15, -0.1) is 0 Å². The number of rotatable bonds is 6. The second-order valence-corrected chi connectivity index (χ2v) is 4.25. The van der Waals surface area contributed by atoms with Crippen LogP contribution in [0, 0.1) is 0 Å². The highest BCUT2D eigenvalue weighted by Crippen LogP contribution is 2.11. The van der Waals surface area contributed by atoms with Gasteiger partial charge in [0.05, 0.1) is 0 Å². The predicted octanol–water partition coefficient (Wildman–Crippen LogP) is 0.484. The normalized spacial score (nSPS) is 12.1. The summed E-state index contributed by atoms with van der Waals surface area (Å²) >= 11 is 0. The van der Waals surface area contributed by atoms with Gasteiger partial charge in [0.1, 0.15) is 19.2 Å². The summed E-state index contributed by atoms with van der Waals surface area (Å²) in [5.74, 6) is -0.0919. The molecule has 100 valence electrons. The maximum atomic E-state index is 11.6. The van der Waals surface area contributed by atoms with Crippen LogP contribution in [0.4, 0.5) is 0 Å². The van der Waals surface area contributed by atoms with Crippen LogP contribution in [0.15, 0.2) is 43.0 Å². The van der Waals surface area contributed by atoms with Crippen molar-refractivity contribution in [3.8, 4) is 0 Å². The Hall–Kier alpha value is -2.21. The SMILES string of the molecule is NC(CCNC(=O)Cn1cncn1)c1ccccc1. The fraction of sp³-hybridized carbons (Fsp3) is 0.308. The second kappa shape index (κ2) is 6.65. The molecule has 1 unspecified atom stereocenters. The van der Waals surface area contributed by atoms with Crippen LogP contribution < -0.4 is 11.1 Å². The van der Waals surface area contributed by atoms with E-state index in [1.165, 1.54) is 17.3 Å². The van der Waals surface area contributed by atoms with Crippen molar-refractivity contribution in [1.29, 1.82) is 0 Å². The largest absolute Gasteiger partial charge is 0.354 e. The number of nitrogens with two attached hydrogens (primary N) is 1. The Morgan fingerprint density at radius 2 is 2.16 bits per heavy atom. The lowest BCUT2D eigenvalue weighted by molar-refractivity contribution is -0.121. The van der Waals surface area contributed by atoms with Gasteiger partial charge in [-0.05, 0) is 12.0 Å². The van der Waals surface area contributed by atoms with Gasteiger partial charge in [-0.25, -0.2) is 9.67 Å². The minimum absolute atomic E-state index is 0.0622. The van der Waals surface area contributed by atoms with Crippen molar-refractivity contribution in [3.63, 3.8) is 0 Å². The van der Waals surface area contributed by atoms with Gasteiger partial charge in [0, 0.05) is 12.6 Å². The summed E-state index contributed by atoms with van der Waals surface area (Å²) < 4.78 is 1.48. The summed E-state index contributed by atoms with van der Waals surface area (Å²) in [5.41, 5.74) is 7.12. The van der Waals surface area contributed by atoms with Crippen LogP contribution in [-0.2, 0) is 11.3 Å². The minimum atomic E-state index is -0.0919. The first kappa shape index (κ1) is 13.2. The Morgan fingerprint density at radius 1 is 1.37 bits per heavy atom. The monoisotopic (exact) mass is 259 g/mol. The smallest absolute Gasteiger partial charge is 0.241 e. The van der Waals surface area contributed by atoms with Gasteiger partial charge in [0.15, 0.2) is 0 Å². The predicted molar refractivity (Wildman–Crippen MR) is 71.0 cm³/mol. The fourth-order valence-corrected chi connectivity index (χ4v) is 1.75. The number of amides is 1. The highest BCUT2D eigenvalue weighted by molar-refractivity contribution is 5.75. The molecule has 0 fully saturated rings. The molecule has 0 saturated carbocycles. The standard InChI is InChI=1S/C13H17N5O/c14-12(11-4-2-1-3-5-11)6-7-16-13(19)8-18-10-15-9-17-18/h1-5,9-10,12H,6-8,14H2,(H,16,19). The number of hydrogen-bond acceptors (Lipinski definition) is 4. The van der Waals surface area contributed by atoms with E-state index >= 15 is 0 Å². The third kappa shape index (κ3) is 4.18. The summed E-state index contributed by atoms with van der Waals surface area (Å²) in [6.45, 7) is 0.726. The van der Waals surface area contributed by atoms with Crippen molar-refractivity contribution >= 4 is 5.91 Å². The van der Waals surface area contributed by atoms with E-state index in [4.69, 9.17) is 5.73 Å². The van der Waals surface area contributed by atoms with Crippen molar-refractivity contribution in [2.24, 2.45) is 5.73 Å². The third-order valence-electron chi connectivity index (χ3n) is 2.78. The van der Waals surface area contributed by atoms with Gasteiger partial charge in [-0.1, -0.05) is 30.3 Å². The number of aromatic nitrogens is 3. The number of carbonyl (C=O) groups is 1. The molecule has 0 saturated heterocycles. The Morgan fingerprint density at radius 3 is 2.84 bits per heavy atom. The summed E-state index contributed by atoms with van der Waals surface area (Å²) in [5, 5.41) is 6.68. The molecule has 1 aromatic carbocycles. The van der Waals surface area contributed by atoms with E-state index in [9.17, 15) is 4.79 Å². The van der Waals surface area contributed by atoms with E-state index in [0.717, 1.165) is 5.56 Å². The van der Waals surface area contributed by atoms with Crippen LogP contribution in [-0.4, -0.2) is 27.2 Å². The molecule has 0 radical (unpaired) electrons. The van der Waals surface area contributed by atoms with Gasteiger partial charge in [0.25, 0.3) is 0 Å². The number of benzene rings is 1. The van der Waals surface area contributed by atoms with Crippen LogP contribution >= 0.6 is 0 Å². The quantitative estimate of drug-likeness (QED) is 0.790. The van der Waals surface area contributed by atoms with E-state index in [-0.39, 0.29) is 18.5 Å². The molecule has 1 heterocycles. The molecule has 2 rings (SSSR count). The summed E-state index contributed by atoms with van der Waals surface area (Å²) in [7, 11) is 0. The number of carbonyl (C=O) groups excluding carboxylic acids is 1. The average molecular weight is 259 g/mol. The highest BCUT2D eigenvalue weighted by Gasteiger charge is 2.07. The lowest BCUT2D eigenvalue weighted by atomic mass is 10.1. The molecule has 6 heteroatoms. The zero-order valence-electron chi connectivity index (χ0n) is 10.6. The Bertz CT molecular complexity index is 497. The molecule has 2 aromatic rings. The molecule has 0 bridgehead atoms. The van der Waals surface area contributed by atoms with Crippen molar-refractivity contribution < 1.29 is 4.79 Å². The number of nitrogens with zero attached hydrogens (tertiary/aromatic N) is 3. The lowest BCUT2D eigenvalue weighted by Gasteiger charge is -2.12. The van der Waals surface area contributed by atoms with E-state index in [1.54, 1.807) is 0 Å². The Kier molecular flexibility index (Phi) is 4.63. The van der Waals surface area contributed by atoms with Crippen LogP contribution in [0.3, 0.4) is 0 Å². The molecular weight excluding hydrogens is 242 g/mol. The zero-order chi connectivity index (χ0) is 13.5. The first-order chi connectivity index (χ1) is 9.25. The molecule has 6 nitrogen and oxygen atoms in total. The molecule has 0 spiro atoms. The fourth-order valence-electron chi connectivity index (χ4n) is 1.75. The molecule has 1 amide bonds. The van der Waals surface area contributed by atoms with Gasteiger partial charge in [0.2, 0.25) is 5.91 Å².